The van der Waals surface area contributed by atoms with E-state index in [1.165, 1.54) is 0 Å². The minimum absolute atomic E-state index is 0.00227. The third kappa shape index (κ3) is 6.00. The average molecular weight is 682 g/mol. The van der Waals surface area contributed by atoms with Crippen molar-refractivity contribution in [3.63, 3.8) is 0 Å². The number of fused-ring (bicyclic) bond motifs is 1. The molecular weight excluding hydrogens is 647 g/mol. The Morgan fingerprint density at radius 1 is 0.644 bits per heavy atom. The predicted molar refractivity (Wildman–Crippen MR) is 179 cm³/mol. The van der Waals surface area contributed by atoms with Gasteiger partial charge in [-0.25, -0.2) is 16.8 Å². The molecule has 5 nitrogen and oxygen atoms in total. The topological polar surface area (TPSA) is 85.3 Å². The molecule has 0 spiro atoms. The van der Waals surface area contributed by atoms with Crippen molar-refractivity contribution >= 4 is 48.7 Å². The van der Waals surface area contributed by atoms with Gasteiger partial charge in [-0.2, -0.15) is 0 Å². The fraction of sp³-hybridized carbons (Fsp3) is 0.306. The van der Waals surface area contributed by atoms with Crippen LogP contribution in [0, 0.1) is 25.7 Å². The Hall–Kier alpha value is -2.97. The summed E-state index contributed by atoms with van der Waals surface area (Å²) >= 11 is 12.6. The molecule has 0 amide bonds. The highest BCUT2D eigenvalue weighted by atomic mass is 35.5. The highest BCUT2D eigenvalue weighted by Crippen LogP contribution is 2.54. The number of hydrogen-bond donors (Lipinski definition) is 0. The molecule has 4 aromatic carbocycles. The minimum Gasteiger partial charge on any atom is -0.299 e. The van der Waals surface area contributed by atoms with Crippen LogP contribution in [0.4, 0.5) is 0 Å². The molecule has 0 aliphatic heterocycles. The molecule has 0 radical (unpaired) electrons. The Kier molecular flexibility index (Phi) is 8.76. The van der Waals surface area contributed by atoms with Crippen molar-refractivity contribution in [2.45, 2.75) is 65.2 Å². The zero-order chi connectivity index (χ0) is 32.1. The maximum absolute atomic E-state index is 14.8. The molecule has 0 N–H and O–H groups in total. The second kappa shape index (κ2) is 12.3. The number of carbonyl (C=O) groups excluding carboxylic acids is 1. The molecular formula is C36H34Cl2O5S2. The van der Waals surface area contributed by atoms with Crippen molar-refractivity contribution in [3.05, 3.63) is 129 Å². The van der Waals surface area contributed by atoms with E-state index in [-0.39, 0.29) is 34.8 Å². The maximum atomic E-state index is 14.8. The lowest BCUT2D eigenvalue weighted by atomic mass is 9.61. The number of carbonyl (C=O) groups is 1. The van der Waals surface area contributed by atoms with Crippen LogP contribution in [-0.2, 0) is 24.5 Å². The quantitative estimate of drug-likeness (QED) is 0.205. The standard InChI is InChI=1S/C36H34Cl2O5S2/c1-22-10-16-28(17-11-22)44(40,41)35-21-31-32(19-29(35)25-7-5-8-27(38)18-25)36(45(42,43)34-9-4-3-6-23(34)2)30(20-33(31)39)24-12-14-26(37)15-13-24/h3-18,29-32,35-36H,19-21H2,1-2H3/t29?,30?,31-,32+,35?,36?/m1/s1. The van der Waals surface area contributed by atoms with E-state index in [4.69, 9.17) is 23.2 Å². The van der Waals surface area contributed by atoms with Crippen LogP contribution in [0.25, 0.3) is 0 Å². The van der Waals surface area contributed by atoms with Gasteiger partial charge < -0.3 is 0 Å². The molecule has 2 aliphatic rings. The van der Waals surface area contributed by atoms with Crippen LogP contribution >= 0.6 is 23.2 Å². The SMILES string of the molecule is Cc1ccc(S(=O)(=O)C2C[C@H]3C(=O)CC(c4ccc(Cl)cc4)C(S(=O)(=O)c4ccccc4C)[C@H]3CC2c2cccc(Cl)c2)cc1. The third-order valence-electron chi connectivity index (χ3n) is 9.71. The molecule has 9 heteroatoms. The number of benzene rings is 4. The molecule has 4 aromatic rings. The van der Waals surface area contributed by atoms with E-state index in [9.17, 15) is 21.6 Å². The van der Waals surface area contributed by atoms with Gasteiger partial charge in [-0.15, -0.1) is 0 Å². The van der Waals surface area contributed by atoms with Gasteiger partial charge in [-0.3, -0.25) is 4.79 Å². The number of aryl methyl sites for hydroxylation is 2. The predicted octanol–water partition coefficient (Wildman–Crippen LogP) is 8.16. The van der Waals surface area contributed by atoms with Crippen LogP contribution in [0.5, 0.6) is 0 Å². The minimum atomic E-state index is -3.98. The molecule has 0 heterocycles. The summed E-state index contributed by atoms with van der Waals surface area (Å²) in [5.74, 6) is -2.67. The summed E-state index contributed by atoms with van der Waals surface area (Å²) in [5.41, 5.74) is 3.00. The van der Waals surface area contributed by atoms with Crippen molar-refractivity contribution in [1.29, 1.82) is 0 Å². The Morgan fingerprint density at radius 2 is 1.33 bits per heavy atom. The van der Waals surface area contributed by atoms with E-state index in [2.05, 4.69) is 0 Å². The largest absolute Gasteiger partial charge is 0.299 e. The molecule has 2 fully saturated rings. The normalized spacial score (nSPS) is 25.5. The fourth-order valence-corrected chi connectivity index (χ4v) is 12.4. The Morgan fingerprint density at radius 3 is 2.00 bits per heavy atom. The Bertz CT molecular complexity index is 1960. The summed E-state index contributed by atoms with van der Waals surface area (Å²) < 4.78 is 58.2. The van der Waals surface area contributed by atoms with Gasteiger partial charge in [0, 0.05) is 34.2 Å². The summed E-state index contributed by atoms with van der Waals surface area (Å²) in [6.07, 6.45) is 0.230. The number of rotatable bonds is 6. The van der Waals surface area contributed by atoms with Gasteiger partial charge in [-0.1, -0.05) is 83.4 Å². The average Bonchev–Trinajstić information content (AvgIpc) is 3.01. The monoisotopic (exact) mass is 680 g/mol. The summed E-state index contributed by atoms with van der Waals surface area (Å²) in [4.78, 5) is 14.5. The number of hydrogen-bond acceptors (Lipinski definition) is 5. The van der Waals surface area contributed by atoms with Crippen LogP contribution in [0.2, 0.25) is 10.0 Å². The van der Waals surface area contributed by atoms with Crippen molar-refractivity contribution in [3.8, 4) is 0 Å². The second-order valence-electron chi connectivity index (χ2n) is 12.4. The first-order valence-corrected chi connectivity index (χ1v) is 18.9. The molecule has 2 aliphatic carbocycles. The Balaban J connectivity index is 1.52. The highest BCUT2D eigenvalue weighted by molar-refractivity contribution is 7.92. The first-order valence-electron chi connectivity index (χ1n) is 15.0. The molecule has 4 unspecified atom stereocenters. The van der Waals surface area contributed by atoms with Crippen LogP contribution in [0.1, 0.15) is 53.4 Å². The van der Waals surface area contributed by atoms with Gasteiger partial charge >= 0.3 is 0 Å². The van der Waals surface area contributed by atoms with Gasteiger partial charge in [0.2, 0.25) is 0 Å². The molecule has 2 saturated carbocycles. The zero-order valence-electron chi connectivity index (χ0n) is 24.9. The number of ketones is 1. The van der Waals surface area contributed by atoms with Crippen LogP contribution < -0.4 is 0 Å². The third-order valence-corrected chi connectivity index (χ3v) is 14.9. The summed E-state index contributed by atoms with van der Waals surface area (Å²) in [5, 5.41) is -0.908. The lowest BCUT2D eigenvalue weighted by molar-refractivity contribution is -0.128. The molecule has 0 saturated heterocycles. The lowest BCUT2D eigenvalue weighted by Crippen LogP contribution is -2.53. The molecule has 6 atom stereocenters. The van der Waals surface area contributed by atoms with Gasteiger partial charge in [0.15, 0.2) is 19.7 Å². The number of halogens is 2. The first-order chi connectivity index (χ1) is 21.4. The second-order valence-corrected chi connectivity index (χ2v) is 17.5. The van der Waals surface area contributed by atoms with Crippen molar-refractivity contribution in [2.75, 3.05) is 0 Å². The van der Waals surface area contributed by atoms with Gasteiger partial charge in [0.1, 0.15) is 5.78 Å². The summed E-state index contributed by atoms with van der Waals surface area (Å²) in [6, 6.07) is 27.8. The Labute approximate surface area is 275 Å². The van der Waals surface area contributed by atoms with Crippen LogP contribution in [-0.4, -0.2) is 33.1 Å². The van der Waals surface area contributed by atoms with Gasteiger partial charge in [-0.05, 0) is 91.8 Å². The smallest absolute Gasteiger partial charge is 0.182 e. The van der Waals surface area contributed by atoms with E-state index in [1.807, 2.05) is 13.0 Å². The van der Waals surface area contributed by atoms with Gasteiger partial charge in [0.05, 0.1) is 20.3 Å². The first kappa shape index (κ1) is 32.0. The van der Waals surface area contributed by atoms with Crippen molar-refractivity contribution < 1.29 is 21.6 Å². The van der Waals surface area contributed by atoms with E-state index >= 15 is 0 Å². The lowest BCUT2D eigenvalue weighted by Gasteiger charge is -2.48. The van der Waals surface area contributed by atoms with Crippen molar-refractivity contribution in [2.24, 2.45) is 11.8 Å². The summed E-state index contributed by atoms with van der Waals surface area (Å²) in [6.45, 7) is 3.67. The molecule has 0 aromatic heterocycles. The van der Waals surface area contributed by atoms with E-state index in [0.717, 1.165) is 16.7 Å². The molecule has 45 heavy (non-hydrogen) atoms. The fourth-order valence-electron chi connectivity index (χ4n) is 7.53. The van der Waals surface area contributed by atoms with Gasteiger partial charge in [0.25, 0.3) is 0 Å². The van der Waals surface area contributed by atoms with Crippen molar-refractivity contribution in [1.82, 2.24) is 0 Å². The molecule has 234 valence electrons. The summed E-state index contributed by atoms with van der Waals surface area (Å²) in [7, 11) is -7.88. The number of sulfone groups is 2. The van der Waals surface area contributed by atoms with E-state index in [0.29, 0.717) is 15.6 Å². The van der Waals surface area contributed by atoms with Crippen LogP contribution in [0.3, 0.4) is 0 Å². The van der Waals surface area contributed by atoms with E-state index < -0.39 is 53.8 Å². The highest BCUT2D eigenvalue weighted by Gasteiger charge is 2.56. The molecule has 0 bridgehead atoms. The maximum Gasteiger partial charge on any atom is 0.182 e. The zero-order valence-corrected chi connectivity index (χ0v) is 28.1. The van der Waals surface area contributed by atoms with Crippen LogP contribution in [0.15, 0.2) is 107 Å². The molecule has 6 rings (SSSR count). The van der Waals surface area contributed by atoms with E-state index in [1.54, 1.807) is 97.9 Å². The number of Topliss-reactive ketones (excluding diaryl/α,β-unsaturated/α-hetero) is 1.